The fraction of sp³-hybridized carbons (Fsp3) is 0.400. The Labute approximate surface area is 129 Å². The molecule has 1 atom stereocenters. The Balaban J connectivity index is 2.31. The fourth-order valence-electron chi connectivity index (χ4n) is 2.38. The van der Waals surface area contributed by atoms with Crippen LogP contribution >= 0.6 is 11.6 Å². The van der Waals surface area contributed by atoms with Gasteiger partial charge in [0.25, 0.3) is 0 Å². The summed E-state index contributed by atoms with van der Waals surface area (Å²) >= 11 is 6.05. The lowest BCUT2D eigenvalue weighted by molar-refractivity contribution is 0.513. The van der Waals surface area contributed by atoms with Crippen LogP contribution in [0, 0.1) is 5.82 Å². The Hall–Kier alpha value is -1.43. The van der Waals surface area contributed by atoms with Crippen molar-refractivity contribution in [2.45, 2.75) is 39.3 Å². The number of nitrogens with one attached hydrogen (secondary N) is 1. The lowest BCUT2D eigenvalue weighted by Crippen LogP contribution is -2.30. The molecule has 0 fully saturated rings. The lowest BCUT2D eigenvalue weighted by atomic mass is 10.0. The summed E-state index contributed by atoms with van der Waals surface area (Å²) in [6.45, 7) is 4.88. The lowest BCUT2D eigenvalue weighted by Gasteiger charge is -2.18. The number of aryl methyl sites for hydroxylation is 2. The molecule has 4 nitrogen and oxygen atoms in total. The molecule has 0 saturated carbocycles. The third-order valence-electron chi connectivity index (χ3n) is 3.55. The molecule has 0 radical (unpaired) electrons. The summed E-state index contributed by atoms with van der Waals surface area (Å²) in [5, 5.41) is 4.62. The second-order valence-corrected chi connectivity index (χ2v) is 5.24. The average molecular weight is 311 g/mol. The summed E-state index contributed by atoms with van der Waals surface area (Å²) in [5.74, 6) is 5.20. The maximum Gasteiger partial charge on any atom is 0.142 e. The van der Waals surface area contributed by atoms with Gasteiger partial charge in [-0.3, -0.25) is 16.0 Å². The average Bonchev–Trinajstić information content (AvgIpc) is 2.90. The van der Waals surface area contributed by atoms with Crippen LogP contribution in [0.2, 0.25) is 5.02 Å². The number of benzene rings is 1. The molecule has 3 N–H and O–H groups in total. The summed E-state index contributed by atoms with van der Waals surface area (Å²) < 4.78 is 15.5. The van der Waals surface area contributed by atoms with E-state index in [-0.39, 0.29) is 11.1 Å². The minimum absolute atomic E-state index is 0.110. The van der Waals surface area contributed by atoms with Crippen LogP contribution in [0.25, 0.3) is 0 Å². The molecule has 0 saturated heterocycles. The molecule has 0 aliphatic rings. The molecule has 1 unspecified atom stereocenters. The number of hydrazine groups is 1. The van der Waals surface area contributed by atoms with E-state index in [0.29, 0.717) is 12.0 Å². The number of aromatic nitrogens is 2. The van der Waals surface area contributed by atoms with Gasteiger partial charge in [0.15, 0.2) is 0 Å². The van der Waals surface area contributed by atoms with Crippen LogP contribution in [-0.2, 0) is 19.4 Å². The predicted octanol–water partition coefficient (Wildman–Crippen LogP) is 3.01. The standard InChI is InChI=1S/C15H20ClFN4/c1-3-10-8-11(21(4-2)20-10)9-14(19-18)12-6-5-7-13(17)15(12)16/h5-8,14,19H,3-4,9,18H2,1-2H3. The van der Waals surface area contributed by atoms with Crippen LogP contribution in [0.15, 0.2) is 24.3 Å². The number of halogens is 2. The highest BCUT2D eigenvalue weighted by molar-refractivity contribution is 6.31. The van der Waals surface area contributed by atoms with E-state index in [4.69, 9.17) is 17.4 Å². The minimum Gasteiger partial charge on any atom is -0.271 e. The van der Waals surface area contributed by atoms with Crippen LogP contribution in [-0.4, -0.2) is 9.78 Å². The maximum absolute atomic E-state index is 13.6. The van der Waals surface area contributed by atoms with Gasteiger partial charge in [0, 0.05) is 18.7 Å². The molecule has 6 heteroatoms. The van der Waals surface area contributed by atoms with Gasteiger partial charge < -0.3 is 0 Å². The fourth-order valence-corrected chi connectivity index (χ4v) is 2.64. The van der Waals surface area contributed by atoms with Gasteiger partial charge in [-0.05, 0) is 31.0 Å². The molecule has 1 aromatic heterocycles. The molecule has 0 amide bonds. The number of hydrogen-bond acceptors (Lipinski definition) is 3. The van der Waals surface area contributed by atoms with E-state index in [1.54, 1.807) is 12.1 Å². The second kappa shape index (κ2) is 7.02. The number of hydrogen-bond donors (Lipinski definition) is 2. The van der Waals surface area contributed by atoms with E-state index in [2.05, 4.69) is 23.5 Å². The zero-order valence-electron chi connectivity index (χ0n) is 12.2. The van der Waals surface area contributed by atoms with Gasteiger partial charge in [0.05, 0.1) is 16.8 Å². The molecule has 0 spiro atoms. The van der Waals surface area contributed by atoms with Crippen LogP contribution in [0.4, 0.5) is 4.39 Å². The molecule has 0 bridgehead atoms. The molecule has 1 heterocycles. The number of nitrogens with two attached hydrogens (primary N) is 1. The van der Waals surface area contributed by atoms with Gasteiger partial charge in [0.2, 0.25) is 0 Å². The van der Waals surface area contributed by atoms with Crippen molar-refractivity contribution < 1.29 is 4.39 Å². The molecule has 2 aromatic rings. The van der Waals surface area contributed by atoms with Gasteiger partial charge in [-0.15, -0.1) is 0 Å². The largest absolute Gasteiger partial charge is 0.271 e. The van der Waals surface area contributed by atoms with E-state index >= 15 is 0 Å². The first-order valence-electron chi connectivity index (χ1n) is 7.06. The first-order chi connectivity index (χ1) is 10.1. The summed E-state index contributed by atoms with van der Waals surface area (Å²) in [6, 6.07) is 6.55. The SMILES string of the molecule is CCc1cc(CC(NN)c2cccc(F)c2Cl)n(CC)n1. The van der Waals surface area contributed by atoms with E-state index in [1.165, 1.54) is 6.07 Å². The van der Waals surface area contributed by atoms with E-state index in [1.807, 2.05) is 11.6 Å². The van der Waals surface area contributed by atoms with Gasteiger partial charge in [-0.25, -0.2) is 4.39 Å². The highest BCUT2D eigenvalue weighted by atomic mass is 35.5. The van der Waals surface area contributed by atoms with Crippen molar-refractivity contribution in [2.24, 2.45) is 5.84 Å². The molecule has 2 rings (SSSR count). The molecular formula is C15H20ClFN4. The summed E-state index contributed by atoms with van der Waals surface area (Å²) in [5.41, 5.74) is 5.46. The molecular weight excluding hydrogens is 291 g/mol. The van der Waals surface area contributed by atoms with E-state index < -0.39 is 5.82 Å². The predicted molar refractivity (Wildman–Crippen MR) is 82.5 cm³/mol. The zero-order valence-corrected chi connectivity index (χ0v) is 13.0. The Morgan fingerprint density at radius 1 is 1.43 bits per heavy atom. The van der Waals surface area contributed by atoms with Crippen LogP contribution in [0.5, 0.6) is 0 Å². The second-order valence-electron chi connectivity index (χ2n) is 4.86. The first kappa shape index (κ1) is 15.9. The highest BCUT2D eigenvalue weighted by Gasteiger charge is 2.18. The Bertz CT molecular complexity index is 612. The van der Waals surface area contributed by atoms with Crippen LogP contribution in [0.1, 0.15) is 36.8 Å². The third kappa shape index (κ3) is 3.43. The van der Waals surface area contributed by atoms with Crippen molar-refractivity contribution in [3.05, 3.63) is 52.1 Å². The van der Waals surface area contributed by atoms with Gasteiger partial charge in [-0.2, -0.15) is 5.10 Å². The monoisotopic (exact) mass is 310 g/mol. The van der Waals surface area contributed by atoms with Crippen molar-refractivity contribution in [3.8, 4) is 0 Å². The summed E-state index contributed by atoms with van der Waals surface area (Å²) in [7, 11) is 0. The molecule has 21 heavy (non-hydrogen) atoms. The van der Waals surface area contributed by atoms with E-state index in [9.17, 15) is 4.39 Å². The zero-order chi connectivity index (χ0) is 15.4. The van der Waals surface area contributed by atoms with E-state index in [0.717, 1.165) is 24.4 Å². The molecule has 0 aliphatic heterocycles. The van der Waals surface area contributed by atoms with Gasteiger partial charge in [0.1, 0.15) is 5.82 Å². The van der Waals surface area contributed by atoms with Crippen LogP contribution < -0.4 is 11.3 Å². The van der Waals surface area contributed by atoms with Crippen molar-refractivity contribution >= 4 is 11.6 Å². The first-order valence-corrected chi connectivity index (χ1v) is 7.44. The molecule has 114 valence electrons. The maximum atomic E-state index is 13.6. The number of nitrogens with zero attached hydrogens (tertiary/aromatic N) is 2. The third-order valence-corrected chi connectivity index (χ3v) is 3.95. The Morgan fingerprint density at radius 2 is 2.19 bits per heavy atom. The molecule has 1 aromatic carbocycles. The van der Waals surface area contributed by atoms with Crippen LogP contribution in [0.3, 0.4) is 0 Å². The van der Waals surface area contributed by atoms with Gasteiger partial charge in [-0.1, -0.05) is 30.7 Å². The van der Waals surface area contributed by atoms with Crippen molar-refractivity contribution in [1.29, 1.82) is 0 Å². The topological polar surface area (TPSA) is 55.9 Å². The highest BCUT2D eigenvalue weighted by Crippen LogP contribution is 2.27. The summed E-state index contributed by atoms with van der Waals surface area (Å²) in [4.78, 5) is 0. The normalized spacial score (nSPS) is 12.6. The molecule has 0 aliphatic carbocycles. The van der Waals surface area contributed by atoms with Crippen molar-refractivity contribution in [3.63, 3.8) is 0 Å². The summed E-state index contributed by atoms with van der Waals surface area (Å²) in [6.07, 6.45) is 1.47. The van der Waals surface area contributed by atoms with Gasteiger partial charge >= 0.3 is 0 Å². The quantitative estimate of drug-likeness (QED) is 0.637. The smallest absolute Gasteiger partial charge is 0.142 e. The number of rotatable bonds is 6. The Kier molecular flexibility index (Phi) is 5.33. The Morgan fingerprint density at radius 3 is 2.81 bits per heavy atom. The minimum atomic E-state index is -0.437. The van der Waals surface area contributed by atoms with Crippen molar-refractivity contribution in [2.75, 3.05) is 0 Å². The van der Waals surface area contributed by atoms with Crippen molar-refractivity contribution in [1.82, 2.24) is 15.2 Å².